The van der Waals surface area contributed by atoms with Crippen LogP contribution in [-0.4, -0.2) is 11.2 Å². The summed E-state index contributed by atoms with van der Waals surface area (Å²) in [4.78, 5) is 21.0. The molecule has 0 amide bonds. The zero-order valence-electron chi connectivity index (χ0n) is 10.2. The summed E-state index contributed by atoms with van der Waals surface area (Å²) in [6, 6.07) is 5.24. The zero-order chi connectivity index (χ0) is 15.6. The van der Waals surface area contributed by atoms with Gasteiger partial charge in [-0.1, -0.05) is 6.07 Å². The van der Waals surface area contributed by atoms with E-state index in [1.807, 2.05) is 0 Å². The Labute approximate surface area is 125 Å². The van der Waals surface area contributed by atoms with E-state index in [0.717, 1.165) is 18.2 Å². The average molecular weight is 358 g/mol. The van der Waals surface area contributed by atoms with Crippen LogP contribution in [0.5, 0.6) is 11.5 Å². The lowest BCUT2D eigenvalue weighted by atomic mass is 10.2. The Morgan fingerprint density at radius 3 is 2.52 bits per heavy atom. The molecule has 0 heterocycles. The molecule has 2 rings (SSSR count). The number of carbonyl (C=O) groups is 1. The average Bonchev–Trinajstić information content (AvgIpc) is 2.42. The third-order valence-corrected chi connectivity index (χ3v) is 3.16. The van der Waals surface area contributed by atoms with Gasteiger partial charge in [0.05, 0.1) is 15.0 Å². The molecule has 0 N–H and O–H groups in total. The molecule has 2 aromatic rings. The van der Waals surface area contributed by atoms with Gasteiger partial charge in [0.25, 0.3) is 0 Å². The first-order chi connectivity index (χ1) is 9.93. The second-order valence-electron chi connectivity index (χ2n) is 3.86. The minimum Gasteiger partial charge on any atom is -0.449 e. The molecule has 0 bridgehead atoms. The maximum atomic E-state index is 13.5. The molecule has 0 fully saturated rings. The molecule has 21 heavy (non-hydrogen) atoms. The smallest absolute Gasteiger partial charge is 0.312 e. The van der Waals surface area contributed by atoms with Crippen LogP contribution in [0.2, 0.25) is 0 Å². The van der Waals surface area contributed by atoms with Gasteiger partial charge in [-0.2, -0.15) is 0 Å². The minimum absolute atomic E-state index is 0.114. The summed E-state index contributed by atoms with van der Waals surface area (Å²) in [6.07, 6.45) is 0.214. The minimum atomic E-state index is -0.845. The number of aldehydes is 1. The third kappa shape index (κ3) is 3.05. The normalized spacial score (nSPS) is 10.2. The molecular weight excluding hydrogens is 352 g/mol. The van der Waals surface area contributed by atoms with Crippen molar-refractivity contribution >= 4 is 27.9 Å². The number of hydrogen-bond acceptors (Lipinski definition) is 4. The lowest BCUT2D eigenvalue weighted by molar-refractivity contribution is -0.385. The summed E-state index contributed by atoms with van der Waals surface area (Å²) < 4.78 is 31.9. The molecule has 0 unspecified atom stereocenters. The predicted octanol–water partition coefficient (Wildman–Crippen LogP) is 4.24. The van der Waals surface area contributed by atoms with Crippen LogP contribution in [-0.2, 0) is 0 Å². The van der Waals surface area contributed by atoms with Crippen molar-refractivity contribution in [1.29, 1.82) is 0 Å². The Morgan fingerprint density at radius 1 is 1.19 bits per heavy atom. The molecule has 5 nitrogen and oxygen atoms in total. The molecule has 0 aliphatic carbocycles. The van der Waals surface area contributed by atoms with Gasteiger partial charge in [-0.25, -0.2) is 8.78 Å². The van der Waals surface area contributed by atoms with Crippen LogP contribution < -0.4 is 4.74 Å². The van der Waals surface area contributed by atoms with Crippen molar-refractivity contribution in [3.05, 3.63) is 62.1 Å². The highest BCUT2D eigenvalue weighted by Gasteiger charge is 2.21. The highest BCUT2D eigenvalue weighted by Crippen LogP contribution is 2.36. The highest BCUT2D eigenvalue weighted by atomic mass is 79.9. The first-order valence-corrected chi connectivity index (χ1v) is 6.28. The van der Waals surface area contributed by atoms with E-state index in [-0.39, 0.29) is 16.5 Å². The quantitative estimate of drug-likeness (QED) is 0.466. The van der Waals surface area contributed by atoms with E-state index < -0.39 is 33.6 Å². The maximum absolute atomic E-state index is 13.5. The predicted molar refractivity (Wildman–Crippen MR) is 72.6 cm³/mol. The van der Waals surface area contributed by atoms with E-state index in [9.17, 15) is 23.7 Å². The maximum Gasteiger partial charge on any atom is 0.312 e. The fraction of sp³-hybridized carbons (Fsp3) is 0. The third-order valence-electron chi connectivity index (χ3n) is 2.55. The van der Waals surface area contributed by atoms with Crippen molar-refractivity contribution in [2.24, 2.45) is 0 Å². The molecule has 0 aliphatic rings. The number of hydrogen-bond donors (Lipinski definition) is 0. The van der Waals surface area contributed by atoms with E-state index in [1.165, 1.54) is 12.1 Å². The Kier molecular flexibility index (Phi) is 4.27. The van der Waals surface area contributed by atoms with E-state index in [2.05, 4.69) is 15.9 Å². The van der Waals surface area contributed by atoms with Crippen LogP contribution in [0, 0.1) is 21.7 Å². The van der Waals surface area contributed by atoms with Gasteiger partial charge in [0.2, 0.25) is 5.75 Å². The van der Waals surface area contributed by atoms with Crippen LogP contribution in [0.25, 0.3) is 0 Å². The number of nitro benzene ring substituents is 1. The summed E-state index contributed by atoms with van der Waals surface area (Å²) in [5, 5.41) is 10.9. The summed E-state index contributed by atoms with van der Waals surface area (Å²) in [5.41, 5.74) is -0.931. The van der Waals surface area contributed by atoms with Crippen LogP contribution in [0.1, 0.15) is 10.4 Å². The summed E-state index contributed by atoms with van der Waals surface area (Å²) in [6.45, 7) is 0. The second-order valence-corrected chi connectivity index (χ2v) is 4.72. The topological polar surface area (TPSA) is 69.4 Å². The number of rotatable bonds is 4. The van der Waals surface area contributed by atoms with Gasteiger partial charge < -0.3 is 4.74 Å². The first kappa shape index (κ1) is 15.0. The van der Waals surface area contributed by atoms with E-state index in [0.29, 0.717) is 0 Å². The van der Waals surface area contributed by atoms with Crippen molar-refractivity contribution in [3.8, 4) is 11.5 Å². The van der Waals surface area contributed by atoms with E-state index >= 15 is 0 Å². The Balaban J connectivity index is 2.54. The molecule has 0 saturated carbocycles. The zero-order valence-corrected chi connectivity index (χ0v) is 11.8. The van der Waals surface area contributed by atoms with Gasteiger partial charge in [-0.05, 0) is 28.1 Å². The van der Waals surface area contributed by atoms with Crippen LogP contribution in [0.4, 0.5) is 14.5 Å². The lowest BCUT2D eigenvalue weighted by Gasteiger charge is -2.09. The molecule has 108 valence electrons. The van der Waals surface area contributed by atoms with Gasteiger partial charge in [0.1, 0.15) is 17.4 Å². The van der Waals surface area contributed by atoms with Gasteiger partial charge in [-0.3, -0.25) is 14.9 Å². The van der Waals surface area contributed by atoms with Crippen LogP contribution in [0.3, 0.4) is 0 Å². The molecule has 0 spiro atoms. The van der Waals surface area contributed by atoms with Crippen molar-refractivity contribution < 1.29 is 23.2 Å². The molecule has 0 aromatic heterocycles. The highest BCUT2D eigenvalue weighted by molar-refractivity contribution is 9.10. The number of benzene rings is 2. The van der Waals surface area contributed by atoms with E-state index in [4.69, 9.17) is 4.74 Å². The standard InChI is InChI=1S/C13H6BrF2NO4/c14-8-4-11(17(19)20)13(5-10(8)16)21-12-3-1-2-9(15)7(12)6-18/h1-6H. The second kappa shape index (κ2) is 5.96. The van der Waals surface area contributed by atoms with Gasteiger partial charge in [0.15, 0.2) is 6.29 Å². The Hall–Kier alpha value is -2.35. The SMILES string of the molecule is O=Cc1c(F)cccc1Oc1cc(F)c(Br)cc1[N+](=O)[O-]. The molecule has 0 aliphatic heterocycles. The number of halogens is 3. The summed E-state index contributed by atoms with van der Waals surface area (Å²) >= 11 is 2.82. The molecule has 8 heteroatoms. The fourth-order valence-corrected chi connectivity index (χ4v) is 1.91. The monoisotopic (exact) mass is 357 g/mol. The van der Waals surface area contributed by atoms with Crippen LogP contribution in [0.15, 0.2) is 34.8 Å². The Morgan fingerprint density at radius 2 is 1.90 bits per heavy atom. The van der Waals surface area contributed by atoms with Crippen LogP contribution >= 0.6 is 15.9 Å². The Bertz CT molecular complexity index is 736. The van der Waals surface area contributed by atoms with Crippen molar-refractivity contribution in [2.45, 2.75) is 0 Å². The molecule has 2 aromatic carbocycles. The molecule has 0 atom stereocenters. The molecule has 0 saturated heterocycles. The van der Waals surface area contributed by atoms with Gasteiger partial charge >= 0.3 is 5.69 Å². The van der Waals surface area contributed by atoms with Crippen molar-refractivity contribution in [2.75, 3.05) is 0 Å². The number of carbonyl (C=O) groups excluding carboxylic acids is 1. The largest absolute Gasteiger partial charge is 0.449 e. The summed E-state index contributed by atoms with van der Waals surface area (Å²) in [7, 11) is 0. The van der Waals surface area contributed by atoms with Gasteiger partial charge in [0, 0.05) is 12.1 Å². The van der Waals surface area contributed by atoms with E-state index in [1.54, 1.807) is 0 Å². The molecular formula is C13H6BrF2NO4. The fourth-order valence-electron chi connectivity index (χ4n) is 1.58. The molecule has 0 radical (unpaired) electrons. The van der Waals surface area contributed by atoms with Crippen molar-refractivity contribution in [3.63, 3.8) is 0 Å². The number of ether oxygens (including phenoxy) is 1. The van der Waals surface area contributed by atoms with Gasteiger partial charge in [-0.15, -0.1) is 0 Å². The number of nitro groups is 1. The summed E-state index contributed by atoms with van der Waals surface area (Å²) in [5.74, 6) is -2.31. The first-order valence-electron chi connectivity index (χ1n) is 5.49. The number of nitrogens with zero attached hydrogens (tertiary/aromatic N) is 1. The lowest BCUT2D eigenvalue weighted by Crippen LogP contribution is -1.98. The van der Waals surface area contributed by atoms with Crippen molar-refractivity contribution in [1.82, 2.24) is 0 Å².